The molecule has 0 saturated carbocycles. The molecule has 2 aromatic carbocycles. The largest absolute Gasteiger partial charge is 0.850 e. The SMILES string of the molecule is COCCNc1ccc2nc3ccccc3[n+](CC[O-])c2c1. The number of hydrogen-bond donors (Lipinski definition) is 1. The van der Waals surface area contributed by atoms with Gasteiger partial charge in [-0.25, -0.2) is 4.98 Å². The van der Waals surface area contributed by atoms with Crippen LogP contribution < -0.4 is 15.0 Å². The molecule has 114 valence electrons. The van der Waals surface area contributed by atoms with Crippen molar-refractivity contribution in [3.05, 3.63) is 42.5 Å². The molecule has 0 fully saturated rings. The number of nitrogens with one attached hydrogen (secondary N) is 1. The predicted octanol–water partition coefficient (Wildman–Crippen LogP) is 1.09. The average Bonchev–Trinajstić information content (AvgIpc) is 2.55. The van der Waals surface area contributed by atoms with Gasteiger partial charge in [0.25, 0.3) is 0 Å². The molecule has 1 N–H and O–H groups in total. The fourth-order valence-electron chi connectivity index (χ4n) is 2.62. The molecule has 0 aliphatic rings. The van der Waals surface area contributed by atoms with Crippen molar-refractivity contribution in [3.8, 4) is 0 Å². The molecule has 0 spiro atoms. The molecule has 1 aromatic heterocycles. The number of methoxy groups -OCH3 is 1. The number of ether oxygens (including phenoxy) is 1. The molecule has 5 heteroatoms. The first-order valence-corrected chi connectivity index (χ1v) is 7.37. The molecule has 3 aromatic rings. The van der Waals surface area contributed by atoms with Crippen molar-refractivity contribution in [3.63, 3.8) is 0 Å². The van der Waals surface area contributed by atoms with Gasteiger partial charge >= 0.3 is 0 Å². The third kappa shape index (κ3) is 2.86. The van der Waals surface area contributed by atoms with Gasteiger partial charge < -0.3 is 15.2 Å². The summed E-state index contributed by atoms with van der Waals surface area (Å²) in [5, 5.41) is 14.5. The summed E-state index contributed by atoms with van der Waals surface area (Å²) in [5.41, 5.74) is 4.76. The van der Waals surface area contributed by atoms with Gasteiger partial charge in [0.2, 0.25) is 11.0 Å². The molecule has 22 heavy (non-hydrogen) atoms. The second-order valence-electron chi connectivity index (χ2n) is 5.08. The lowest BCUT2D eigenvalue weighted by Crippen LogP contribution is -2.40. The van der Waals surface area contributed by atoms with Crippen LogP contribution >= 0.6 is 0 Å². The van der Waals surface area contributed by atoms with E-state index in [9.17, 15) is 5.11 Å². The van der Waals surface area contributed by atoms with E-state index in [1.54, 1.807) is 7.11 Å². The van der Waals surface area contributed by atoms with Gasteiger partial charge in [-0.1, -0.05) is 18.7 Å². The molecule has 0 aliphatic carbocycles. The van der Waals surface area contributed by atoms with Crippen LogP contribution in [0, 0.1) is 0 Å². The third-order valence-electron chi connectivity index (χ3n) is 3.63. The van der Waals surface area contributed by atoms with E-state index in [0.717, 1.165) is 34.3 Å². The van der Waals surface area contributed by atoms with E-state index in [4.69, 9.17) is 4.74 Å². The minimum atomic E-state index is -0.158. The maximum Gasteiger partial charge on any atom is 0.233 e. The second kappa shape index (κ2) is 6.68. The summed E-state index contributed by atoms with van der Waals surface area (Å²) in [6.07, 6.45) is 0. The quantitative estimate of drug-likeness (QED) is 0.420. The smallest absolute Gasteiger partial charge is 0.233 e. The average molecular weight is 297 g/mol. The van der Waals surface area contributed by atoms with Crippen molar-refractivity contribution in [1.82, 2.24) is 4.98 Å². The van der Waals surface area contributed by atoms with Crippen LogP contribution in [0.25, 0.3) is 22.1 Å². The summed E-state index contributed by atoms with van der Waals surface area (Å²) in [7, 11) is 1.68. The van der Waals surface area contributed by atoms with Gasteiger partial charge in [0.15, 0.2) is 0 Å². The summed E-state index contributed by atoms with van der Waals surface area (Å²) < 4.78 is 7.10. The Labute approximate surface area is 129 Å². The Bertz CT molecular complexity index is 789. The van der Waals surface area contributed by atoms with Crippen LogP contribution in [0.15, 0.2) is 42.5 Å². The molecule has 5 nitrogen and oxygen atoms in total. The first kappa shape index (κ1) is 14.7. The number of para-hydroxylation sites is 2. The Hall–Kier alpha value is -2.24. The van der Waals surface area contributed by atoms with Gasteiger partial charge in [0.1, 0.15) is 17.6 Å². The van der Waals surface area contributed by atoms with Crippen molar-refractivity contribution in [2.24, 2.45) is 0 Å². The highest BCUT2D eigenvalue weighted by Crippen LogP contribution is 2.18. The maximum absolute atomic E-state index is 11.2. The Balaban J connectivity index is 2.12. The van der Waals surface area contributed by atoms with E-state index in [1.165, 1.54) is 0 Å². The minimum absolute atomic E-state index is 0.158. The van der Waals surface area contributed by atoms with Crippen LogP contribution in [0.1, 0.15) is 0 Å². The highest BCUT2D eigenvalue weighted by Gasteiger charge is 2.15. The molecule has 0 aliphatic heterocycles. The second-order valence-corrected chi connectivity index (χ2v) is 5.08. The van der Waals surface area contributed by atoms with Crippen molar-refractivity contribution < 1.29 is 14.4 Å². The van der Waals surface area contributed by atoms with Crippen molar-refractivity contribution >= 4 is 27.8 Å². The van der Waals surface area contributed by atoms with Crippen LogP contribution in [0.3, 0.4) is 0 Å². The molecular formula is C17H19N3O2. The summed E-state index contributed by atoms with van der Waals surface area (Å²) >= 11 is 0. The van der Waals surface area contributed by atoms with E-state index >= 15 is 0 Å². The number of aromatic nitrogens is 2. The first-order valence-electron chi connectivity index (χ1n) is 7.37. The molecular weight excluding hydrogens is 278 g/mol. The number of hydrogen-bond acceptors (Lipinski definition) is 4. The fourth-order valence-corrected chi connectivity index (χ4v) is 2.62. The number of anilines is 1. The van der Waals surface area contributed by atoms with E-state index in [2.05, 4.69) is 10.3 Å². The molecule has 1 heterocycles. The zero-order valence-electron chi connectivity index (χ0n) is 12.6. The van der Waals surface area contributed by atoms with Gasteiger partial charge in [-0.2, -0.15) is 4.57 Å². The summed E-state index contributed by atoms with van der Waals surface area (Å²) in [5.74, 6) is 0. The van der Waals surface area contributed by atoms with Crippen LogP contribution in [-0.2, 0) is 11.3 Å². The lowest BCUT2D eigenvalue weighted by Gasteiger charge is -2.09. The monoisotopic (exact) mass is 297 g/mol. The molecule has 3 rings (SSSR count). The van der Waals surface area contributed by atoms with E-state index < -0.39 is 0 Å². The molecule has 0 unspecified atom stereocenters. The van der Waals surface area contributed by atoms with Gasteiger partial charge in [-0.15, -0.1) is 0 Å². The van der Waals surface area contributed by atoms with Crippen LogP contribution in [0.2, 0.25) is 0 Å². The minimum Gasteiger partial charge on any atom is -0.850 e. The van der Waals surface area contributed by atoms with Crippen molar-refractivity contribution in [1.29, 1.82) is 0 Å². The Morgan fingerprint density at radius 1 is 1.14 bits per heavy atom. The van der Waals surface area contributed by atoms with E-state index in [0.29, 0.717) is 13.2 Å². The van der Waals surface area contributed by atoms with E-state index in [-0.39, 0.29) is 6.61 Å². The third-order valence-corrected chi connectivity index (χ3v) is 3.63. The molecule has 0 amide bonds. The summed E-state index contributed by atoms with van der Waals surface area (Å²) in [4.78, 5) is 4.68. The molecule has 0 atom stereocenters. The Kier molecular flexibility index (Phi) is 4.46. The Morgan fingerprint density at radius 3 is 2.77 bits per heavy atom. The van der Waals surface area contributed by atoms with Gasteiger partial charge in [-0.05, 0) is 18.2 Å². The van der Waals surface area contributed by atoms with E-state index in [1.807, 2.05) is 47.0 Å². The highest BCUT2D eigenvalue weighted by molar-refractivity contribution is 5.83. The van der Waals surface area contributed by atoms with Crippen LogP contribution in [-0.4, -0.2) is 31.9 Å². The zero-order valence-corrected chi connectivity index (χ0v) is 12.6. The number of rotatable bonds is 6. The predicted molar refractivity (Wildman–Crippen MR) is 84.7 cm³/mol. The fraction of sp³-hybridized carbons (Fsp3) is 0.294. The van der Waals surface area contributed by atoms with Crippen molar-refractivity contribution in [2.45, 2.75) is 6.54 Å². The van der Waals surface area contributed by atoms with Crippen LogP contribution in [0.4, 0.5) is 5.69 Å². The first-order chi connectivity index (χ1) is 10.8. The number of fused-ring (bicyclic) bond motifs is 2. The number of benzene rings is 2. The lowest BCUT2D eigenvalue weighted by molar-refractivity contribution is -0.664. The van der Waals surface area contributed by atoms with Crippen LogP contribution in [0.5, 0.6) is 0 Å². The number of nitrogens with zero attached hydrogens (tertiary/aromatic N) is 2. The molecule has 0 saturated heterocycles. The summed E-state index contributed by atoms with van der Waals surface area (Å²) in [6.45, 7) is 1.66. The van der Waals surface area contributed by atoms with Gasteiger partial charge in [0, 0.05) is 31.5 Å². The highest BCUT2D eigenvalue weighted by atomic mass is 16.5. The Morgan fingerprint density at radius 2 is 1.95 bits per heavy atom. The lowest BCUT2D eigenvalue weighted by atomic mass is 10.2. The standard InChI is InChI=1S/C17H18N3O2/c1-22-11-8-18-13-6-7-15-17(12-13)20(9-10-21)16-5-3-2-4-14(16)19-15/h2-7,12H,8-11H2,1H3/q-1/p+1. The molecule has 0 bridgehead atoms. The van der Waals surface area contributed by atoms with Gasteiger partial charge in [0.05, 0.1) is 6.61 Å². The topological polar surface area (TPSA) is 61.1 Å². The normalized spacial score (nSPS) is 11.2. The molecule has 0 radical (unpaired) electrons. The summed E-state index contributed by atoms with van der Waals surface area (Å²) in [6, 6.07) is 13.9. The zero-order chi connectivity index (χ0) is 15.4. The maximum atomic E-state index is 11.2. The van der Waals surface area contributed by atoms with Crippen molar-refractivity contribution in [2.75, 3.05) is 32.2 Å². The van der Waals surface area contributed by atoms with Gasteiger partial charge in [-0.3, -0.25) is 0 Å².